The van der Waals surface area contributed by atoms with E-state index in [1.165, 1.54) is 24.8 Å². The van der Waals surface area contributed by atoms with Gasteiger partial charge in [-0.2, -0.15) is 0 Å². The first-order valence-electron chi connectivity index (χ1n) is 9.70. The van der Waals surface area contributed by atoms with Crippen molar-refractivity contribution >= 4 is 38.7 Å². The molecule has 10 heteroatoms. The predicted molar refractivity (Wildman–Crippen MR) is 118 cm³/mol. The second-order valence-electron chi connectivity index (χ2n) is 7.24. The summed E-state index contributed by atoms with van der Waals surface area (Å²) in [6.45, 7) is 5.22. The molecule has 160 valence electrons. The van der Waals surface area contributed by atoms with Crippen LogP contribution >= 0.6 is 22.7 Å². The predicted octanol–water partition coefficient (Wildman–Crippen LogP) is 2.99. The molecule has 1 aliphatic heterocycles. The highest BCUT2D eigenvalue weighted by molar-refractivity contribution is 7.91. The number of likely N-dealkylation sites (tertiary alicyclic amines) is 1. The number of urea groups is 1. The largest absolute Gasteiger partial charge is 0.336 e. The summed E-state index contributed by atoms with van der Waals surface area (Å²) in [4.78, 5) is 16.8. The Bertz CT molecular complexity index is 888. The van der Waals surface area contributed by atoms with Crippen LogP contribution in [0.1, 0.15) is 35.6 Å². The fourth-order valence-electron chi connectivity index (χ4n) is 3.35. The van der Waals surface area contributed by atoms with Crippen LogP contribution in [0.3, 0.4) is 0 Å². The Kier molecular flexibility index (Phi) is 7.69. The van der Waals surface area contributed by atoms with Gasteiger partial charge in [0.2, 0.25) is 10.0 Å². The third-order valence-electron chi connectivity index (χ3n) is 5.18. The van der Waals surface area contributed by atoms with Crippen LogP contribution in [0.25, 0.3) is 0 Å². The highest BCUT2D eigenvalue weighted by Crippen LogP contribution is 2.29. The molecule has 3 heterocycles. The molecular weight excluding hydrogens is 428 g/mol. The van der Waals surface area contributed by atoms with Gasteiger partial charge in [-0.05, 0) is 62.5 Å². The summed E-state index contributed by atoms with van der Waals surface area (Å²) in [5.74, 6) is 0.758. The Balaban J connectivity index is 1.52. The molecule has 1 aliphatic rings. The average Bonchev–Trinajstić information content (AvgIpc) is 3.40. The van der Waals surface area contributed by atoms with Crippen LogP contribution in [0.5, 0.6) is 0 Å². The Morgan fingerprint density at radius 1 is 1.24 bits per heavy atom. The molecular formula is C19H28N4O3S3. The number of carbonyl (C=O) groups excluding carboxylic acids is 1. The molecule has 2 amide bonds. The van der Waals surface area contributed by atoms with Crippen LogP contribution < -0.4 is 15.4 Å². The maximum Gasteiger partial charge on any atom is 0.315 e. The summed E-state index contributed by atoms with van der Waals surface area (Å²) in [6.07, 6.45) is 2.37. The molecule has 0 aromatic carbocycles. The van der Waals surface area contributed by atoms with Gasteiger partial charge in [-0.1, -0.05) is 13.0 Å². The van der Waals surface area contributed by atoms with E-state index >= 15 is 0 Å². The Labute approximate surface area is 180 Å². The Hall–Kier alpha value is -1.46. The number of amides is 2. The average molecular weight is 457 g/mol. The zero-order valence-corrected chi connectivity index (χ0v) is 19.1. The summed E-state index contributed by atoms with van der Waals surface area (Å²) in [6, 6.07) is 7.38. The van der Waals surface area contributed by atoms with Gasteiger partial charge in [-0.25, -0.2) is 17.9 Å². The fourth-order valence-corrected chi connectivity index (χ4v) is 6.34. The van der Waals surface area contributed by atoms with Gasteiger partial charge in [0.25, 0.3) is 0 Å². The maximum atomic E-state index is 12.3. The van der Waals surface area contributed by atoms with E-state index in [1.807, 2.05) is 6.07 Å². The first kappa shape index (κ1) is 22.2. The number of carbonyl (C=O) groups is 1. The van der Waals surface area contributed by atoms with Gasteiger partial charge in [0.1, 0.15) is 4.21 Å². The van der Waals surface area contributed by atoms with E-state index in [2.05, 4.69) is 38.6 Å². The van der Waals surface area contributed by atoms with Gasteiger partial charge in [0.15, 0.2) is 0 Å². The molecule has 3 N–H and O–H groups in total. The van der Waals surface area contributed by atoms with E-state index in [9.17, 15) is 13.2 Å². The van der Waals surface area contributed by atoms with E-state index in [-0.39, 0.29) is 16.3 Å². The summed E-state index contributed by atoms with van der Waals surface area (Å²) >= 11 is 2.87. The number of nitrogens with one attached hydrogen (secondary N) is 3. The van der Waals surface area contributed by atoms with Crippen molar-refractivity contribution in [3.8, 4) is 0 Å². The summed E-state index contributed by atoms with van der Waals surface area (Å²) < 4.78 is 26.2. The number of thiophene rings is 2. The molecule has 1 atom stereocenters. The molecule has 0 bridgehead atoms. The van der Waals surface area contributed by atoms with Crippen molar-refractivity contribution < 1.29 is 13.2 Å². The normalized spacial score (nSPS) is 17.2. The lowest BCUT2D eigenvalue weighted by Gasteiger charge is -2.36. The molecule has 7 nitrogen and oxygen atoms in total. The second-order valence-corrected chi connectivity index (χ2v) is 11.5. The SMILES string of the molecule is CNS(=O)(=O)c1ccc(CNC(=O)NCC(c2cccs2)N2CCC(C)CC2)s1. The van der Waals surface area contributed by atoms with E-state index < -0.39 is 10.0 Å². The molecule has 0 spiro atoms. The van der Waals surface area contributed by atoms with Gasteiger partial charge in [0.05, 0.1) is 12.6 Å². The monoisotopic (exact) mass is 456 g/mol. The highest BCUT2D eigenvalue weighted by atomic mass is 32.2. The molecule has 2 aromatic heterocycles. The van der Waals surface area contributed by atoms with Crippen molar-refractivity contribution in [2.75, 3.05) is 26.7 Å². The van der Waals surface area contributed by atoms with Gasteiger partial charge in [0, 0.05) is 16.3 Å². The van der Waals surface area contributed by atoms with Gasteiger partial charge in [-0.3, -0.25) is 4.90 Å². The summed E-state index contributed by atoms with van der Waals surface area (Å²) in [5, 5.41) is 7.88. The van der Waals surface area contributed by atoms with Crippen LogP contribution in [0.4, 0.5) is 4.79 Å². The van der Waals surface area contributed by atoms with Crippen molar-refractivity contribution in [3.63, 3.8) is 0 Å². The van der Waals surface area contributed by atoms with E-state index in [0.717, 1.165) is 35.2 Å². The van der Waals surface area contributed by atoms with Gasteiger partial charge < -0.3 is 10.6 Å². The molecule has 3 rings (SSSR count). The smallest absolute Gasteiger partial charge is 0.315 e. The number of sulfonamides is 1. The molecule has 1 fully saturated rings. The highest BCUT2D eigenvalue weighted by Gasteiger charge is 2.25. The van der Waals surface area contributed by atoms with Crippen LogP contribution in [-0.2, 0) is 16.6 Å². The second kappa shape index (κ2) is 10.0. The maximum absolute atomic E-state index is 12.3. The third-order valence-corrected chi connectivity index (χ3v) is 9.15. The molecule has 1 unspecified atom stereocenters. The Morgan fingerprint density at radius 2 is 2.00 bits per heavy atom. The van der Waals surface area contributed by atoms with Crippen LogP contribution in [-0.4, -0.2) is 46.0 Å². The van der Waals surface area contributed by atoms with Crippen molar-refractivity contribution in [2.24, 2.45) is 5.92 Å². The van der Waals surface area contributed by atoms with E-state index in [4.69, 9.17) is 0 Å². The van der Waals surface area contributed by atoms with Crippen molar-refractivity contribution in [1.29, 1.82) is 0 Å². The van der Waals surface area contributed by atoms with E-state index in [0.29, 0.717) is 13.1 Å². The van der Waals surface area contributed by atoms with Crippen LogP contribution in [0.2, 0.25) is 0 Å². The fraction of sp³-hybridized carbons (Fsp3) is 0.526. The molecule has 29 heavy (non-hydrogen) atoms. The summed E-state index contributed by atoms with van der Waals surface area (Å²) in [7, 11) is -2.06. The minimum Gasteiger partial charge on any atom is -0.336 e. The van der Waals surface area contributed by atoms with Crippen molar-refractivity contribution in [3.05, 3.63) is 39.4 Å². The zero-order valence-electron chi connectivity index (χ0n) is 16.7. The minimum absolute atomic E-state index is 0.183. The lowest BCUT2D eigenvalue weighted by atomic mass is 9.97. The molecule has 1 saturated heterocycles. The van der Waals surface area contributed by atoms with Gasteiger partial charge in [-0.15, -0.1) is 22.7 Å². The quantitative estimate of drug-likeness (QED) is 0.570. The third kappa shape index (κ3) is 6.02. The number of hydrogen-bond donors (Lipinski definition) is 3. The molecule has 0 radical (unpaired) electrons. The molecule has 0 aliphatic carbocycles. The lowest BCUT2D eigenvalue weighted by molar-refractivity contribution is 0.138. The zero-order chi connectivity index (χ0) is 20.9. The standard InChI is InChI=1S/C19H28N4O3S3/c1-14-7-9-23(10-8-14)16(17-4-3-11-27-17)13-22-19(24)21-12-15-5-6-18(28-15)29(25,26)20-2/h3-6,11,14,16,20H,7-10,12-13H2,1-2H3,(H2,21,22,24). The van der Waals surface area contributed by atoms with E-state index in [1.54, 1.807) is 23.5 Å². The van der Waals surface area contributed by atoms with Gasteiger partial charge >= 0.3 is 6.03 Å². The van der Waals surface area contributed by atoms with Crippen molar-refractivity contribution in [2.45, 2.75) is 36.6 Å². The summed E-state index contributed by atoms with van der Waals surface area (Å²) in [5.41, 5.74) is 0. The molecule has 0 saturated carbocycles. The van der Waals surface area contributed by atoms with Crippen LogP contribution in [0.15, 0.2) is 33.9 Å². The van der Waals surface area contributed by atoms with Crippen molar-refractivity contribution in [1.82, 2.24) is 20.3 Å². The lowest BCUT2D eigenvalue weighted by Crippen LogP contribution is -2.44. The first-order valence-corrected chi connectivity index (χ1v) is 12.9. The first-order chi connectivity index (χ1) is 13.9. The van der Waals surface area contributed by atoms with Crippen LogP contribution in [0, 0.1) is 5.92 Å². The number of rotatable bonds is 8. The number of nitrogens with zero attached hydrogens (tertiary/aromatic N) is 1. The minimum atomic E-state index is -3.44. The Morgan fingerprint density at radius 3 is 2.66 bits per heavy atom. The topological polar surface area (TPSA) is 90.5 Å². The molecule has 2 aromatic rings. The number of piperidine rings is 1. The number of hydrogen-bond acceptors (Lipinski definition) is 6.